The molecule has 0 N–H and O–H groups in total. The Labute approximate surface area is 216 Å². The lowest BCUT2D eigenvalue weighted by Crippen LogP contribution is -2.32. The molecule has 0 atom stereocenters. The molecule has 0 fully saturated rings. The molecule has 0 saturated carbocycles. The Hall–Kier alpha value is -0.168. The van der Waals surface area contributed by atoms with Crippen LogP contribution in [-0.2, 0) is 0 Å². The Morgan fingerprint density at radius 1 is 0.710 bits per heavy atom. The van der Waals surface area contributed by atoms with Gasteiger partial charge in [-0.3, -0.25) is 19.2 Å². The van der Waals surface area contributed by atoms with E-state index in [9.17, 15) is 19.2 Å². The van der Waals surface area contributed by atoms with Gasteiger partial charge in [-0.2, -0.15) is 0 Å². The Kier molecular flexibility index (Phi) is 12.6. The third-order valence-electron chi connectivity index (χ3n) is 3.30. The maximum atomic E-state index is 11.1. The van der Waals surface area contributed by atoms with E-state index >= 15 is 0 Å². The smallest absolute Gasteiger partial charge is 0.285 e. The molecule has 0 aliphatic rings. The van der Waals surface area contributed by atoms with Crippen molar-refractivity contribution in [3.8, 4) is 10.4 Å². The van der Waals surface area contributed by atoms with E-state index in [0.717, 1.165) is 9.75 Å². The Balaban J connectivity index is 0.000000229. The predicted octanol–water partition coefficient (Wildman–Crippen LogP) is 6.31. The Morgan fingerprint density at radius 2 is 1.19 bits per heavy atom. The third-order valence-corrected chi connectivity index (χ3v) is 6.30. The number of rotatable bonds is 1. The van der Waals surface area contributed by atoms with Crippen molar-refractivity contribution >= 4 is 99.0 Å². The molecule has 2 aromatic heterocycles. The molecule has 4 rings (SSSR count). The number of hydrogen-bond acceptors (Lipinski definition) is 6. The summed E-state index contributed by atoms with van der Waals surface area (Å²) in [5.41, 5.74) is -2.02. The summed E-state index contributed by atoms with van der Waals surface area (Å²) in [6, 6.07) is 7.86. The molecule has 0 amide bonds. The zero-order valence-corrected chi connectivity index (χ0v) is 23.0. The quantitative estimate of drug-likeness (QED) is 0.191. The topological polar surface area (TPSA) is 68.3 Å². The summed E-state index contributed by atoms with van der Waals surface area (Å²) in [6.07, 6.45) is 0. The zero-order chi connectivity index (χ0) is 23.9. The van der Waals surface area contributed by atoms with Crippen LogP contribution in [0.2, 0.25) is 15.1 Å². The summed E-state index contributed by atoms with van der Waals surface area (Å²) in [4.78, 5) is 45.5. The average molecular weight is 595 g/mol. The fraction of sp³-hybridized carbons (Fsp3) is 0.111. The number of hydrogen-bond donors (Lipinski definition) is 0. The molecule has 0 radical (unpaired) electrons. The van der Waals surface area contributed by atoms with Crippen molar-refractivity contribution in [2.45, 2.75) is 13.8 Å². The second kappa shape index (κ2) is 13.5. The van der Waals surface area contributed by atoms with E-state index in [-0.39, 0.29) is 15.1 Å². The normalized spacial score (nSPS) is 9.81. The molecule has 2 aromatic carbocycles. The molecule has 0 saturated heterocycles. The van der Waals surface area contributed by atoms with Crippen molar-refractivity contribution in [3.63, 3.8) is 0 Å². The van der Waals surface area contributed by atoms with Gasteiger partial charge >= 0.3 is 11.4 Å². The second-order valence-corrected chi connectivity index (χ2v) is 15.5. The van der Waals surface area contributed by atoms with Gasteiger partial charge in [-0.1, -0.05) is 40.9 Å². The molecule has 0 unspecified atom stereocenters. The highest BCUT2D eigenvalue weighted by Gasteiger charge is 2.21. The van der Waals surface area contributed by atoms with Gasteiger partial charge in [0.2, 0.25) is 21.7 Å². The van der Waals surface area contributed by atoms with Crippen molar-refractivity contribution < 1.29 is 0 Å². The van der Waals surface area contributed by atoms with Crippen molar-refractivity contribution in [1.82, 2.24) is 0 Å². The van der Waals surface area contributed by atoms with Crippen molar-refractivity contribution in [2.24, 2.45) is 0 Å². The number of aryl methyl sites for hydroxylation is 2. The highest BCUT2D eigenvalue weighted by Crippen LogP contribution is 2.29. The monoisotopic (exact) mass is 592 g/mol. The van der Waals surface area contributed by atoms with Gasteiger partial charge in [0.1, 0.15) is 15.1 Å². The first kappa shape index (κ1) is 28.9. The van der Waals surface area contributed by atoms with Crippen molar-refractivity contribution in [3.05, 3.63) is 95.4 Å². The summed E-state index contributed by atoms with van der Waals surface area (Å²) in [6.45, 7) is 4.04. The van der Waals surface area contributed by atoms with Crippen LogP contribution in [0, 0.1) is 13.8 Å². The van der Waals surface area contributed by atoms with Gasteiger partial charge in [-0.05, 0) is 37.4 Å². The van der Waals surface area contributed by atoms with E-state index < -0.39 is 33.1 Å². The molecular weight excluding hydrogens is 584 g/mol. The van der Waals surface area contributed by atoms with Crippen LogP contribution in [0.25, 0.3) is 10.4 Å². The van der Waals surface area contributed by atoms with E-state index in [1.165, 1.54) is 16.2 Å². The highest BCUT2D eigenvalue weighted by molar-refractivity contribution is 7.54. The lowest BCUT2D eigenvalue weighted by Gasteiger charge is -2.00. The number of thiophene rings is 2. The average Bonchev–Trinajstić information content (AvgIpc) is 3.37. The maximum Gasteiger partial charge on any atom is 0.643 e. The molecule has 13 heteroatoms. The molecule has 0 spiro atoms. The number of halogens is 6. The first-order valence-corrected chi connectivity index (χ1v) is 16.1. The van der Waals surface area contributed by atoms with Gasteiger partial charge in [-0.25, -0.2) is 30.1 Å². The van der Waals surface area contributed by atoms with E-state index in [4.69, 9.17) is 65.0 Å². The van der Waals surface area contributed by atoms with Gasteiger partial charge in [0, 0.05) is 14.6 Å². The molecule has 164 valence electrons. The van der Waals surface area contributed by atoms with Crippen molar-refractivity contribution in [1.29, 1.82) is 0 Å². The van der Waals surface area contributed by atoms with E-state index in [1.54, 1.807) is 11.3 Å². The molecule has 2 heterocycles. The fourth-order valence-electron chi connectivity index (χ4n) is 1.85. The highest BCUT2D eigenvalue weighted by atomic mass is 35.8. The first-order valence-electron chi connectivity index (χ1n) is 8.00. The van der Waals surface area contributed by atoms with Gasteiger partial charge in [0.25, 0.3) is 0 Å². The SMILES string of the molecule is Cc1ccc(-c2c(Cl)c(=O)c2=O)s1.Cc1cccs1.O=c1c(Cl)c(Cl)c1=O.[Cl][Al]([Cl])[Cl]. The van der Waals surface area contributed by atoms with Gasteiger partial charge in [-0.15, -0.1) is 22.7 Å². The Bertz CT molecular complexity index is 1230. The van der Waals surface area contributed by atoms with Crippen LogP contribution in [0.1, 0.15) is 9.75 Å². The fourth-order valence-corrected chi connectivity index (χ4v) is 3.97. The van der Waals surface area contributed by atoms with E-state index in [0.29, 0.717) is 5.56 Å². The van der Waals surface area contributed by atoms with Crippen LogP contribution in [0.5, 0.6) is 0 Å². The summed E-state index contributed by atoms with van der Waals surface area (Å²) in [5, 5.41) is 1.87. The zero-order valence-electron chi connectivity index (χ0n) is 15.7. The van der Waals surface area contributed by atoms with Crippen LogP contribution < -0.4 is 21.7 Å². The van der Waals surface area contributed by atoms with Crippen LogP contribution in [0.4, 0.5) is 0 Å². The molecular formula is C18H11AlCl6O4S2. The van der Waals surface area contributed by atoms with Crippen molar-refractivity contribution in [2.75, 3.05) is 0 Å². The third kappa shape index (κ3) is 8.60. The van der Waals surface area contributed by atoms with E-state index in [2.05, 4.69) is 24.4 Å². The van der Waals surface area contributed by atoms with Crippen LogP contribution in [-0.4, -0.2) is 11.4 Å². The lowest BCUT2D eigenvalue weighted by molar-refractivity contribution is 1.42. The second-order valence-electron chi connectivity index (χ2n) is 5.51. The molecule has 31 heavy (non-hydrogen) atoms. The standard InChI is InChI=1S/C9H5ClO2S.C5H6S.C4Cl2O2.Al.3ClH/c1-4-2-3-5(13-4)6-7(10)9(12)8(6)11;1-5-3-2-4-6-5;5-1-2(6)4(8)3(1)7;;;;/h2-3H,1H3;2-4H,1H3;;;3*1H/q;;;+3;;;/p-3. The van der Waals surface area contributed by atoms with Gasteiger partial charge < -0.3 is 0 Å². The van der Waals surface area contributed by atoms with Gasteiger partial charge in [0.15, 0.2) is 0 Å². The summed E-state index contributed by atoms with van der Waals surface area (Å²) < 4.78 is 0. The minimum absolute atomic E-state index is 0.0758. The minimum Gasteiger partial charge on any atom is -0.285 e. The maximum absolute atomic E-state index is 11.1. The summed E-state index contributed by atoms with van der Waals surface area (Å²) in [7, 11) is 14.8. The largest absolute Gasteiger partial charge is 0.643 e. The molecule has 4 nitrogen and oxygen atoms in total. The molecule has 0 aliphatic carbocycles. The lowest BCUT2D eigenvalue weighted by atomic mass is 10.1. The Morgan fingerprint density at radius 3 is 1.45 bits per heavy atom. The molecule has 4 aromatic rings. The molecule has 0 bridgehead atoms. The van der Waals surface area contributed by atoms with Crippen LogP contribution in [0.15, 0.2) is 48.8 Å². The van der Waals surface area contributed by atoms with Gasteiger partial charge in [0.05, 0.1) is 5.56 Å². The summed E-state index contributed by atoms with van der Waals surface area (Å²) >= 11 is 17.4. The summed E-state index contributed by atoms with van der Waals surface area (Å²) in [5.74, 6) is 0. The van der Waals surface area contributed by atoms with Crippen LogP contribution in [0.3, 0.4) is 0 Å². The van der Waals surface area contributed by atoms with E-state index in [1.807, 2.05) is 19.1 Å². The van der Waals surface area contributed by atoms with Crippen LogP contribution >= 0.6 is 87.6 Å². The minimum atomic E-state index is -1.72. The first-order chi connectivity index (χ1) is 14.4. The predicted molar refractivity (Wildman–Crippen MR) is 138 cm³/mol. The molecule has 0 aliphatic heterocycles.